The zero-order valence-corrected chi connectivity index (χ0v) is 8.72. The Hall–Kier alpha value is -2.11. The summed E-state index contributed by atoms with van der Waals surface area (Å²) in [6, 6.07) is 4.13. The van der Waals surface area contributed by atoms with Crippen LogP contribution in [0.15, 0.2) is 18.2 Å². The molecule has 0 aromatic heterocycles. The molecular formula is C10H9NO5. The summed E-state index contributed by atoms with van der Waals surface area (Å²) in [5.74, 6) is -1.83. The van der Waals surface area contributed by atoms with Crippen molar-refractivity contribution in [3.8, 4) is 5.75 Å². The van der Waals surface area contributed by atoms with Crippen molar-refractivity contribution in [3.05, 3.63) is 33.9 Å². The van der Waals surface area contributed by atoms with Gasteiger partial charge in [0.1, 0.15) is 5.56 Å². The molecule has 16 heavy (non-hydrogen) atoms. The van der Waals surface area contributed by atoms with Crippen molar-refractivity contribution in [2.75, 3.05) is 0 Å². The Balaban J connectivity index is 2.61. The van der Waals surface area contributed by atoms with Crippen LogP contribution in [0.2, 0.25) is 0 Å². The molecule has 6 nitrogen and oxygen atoms in total. The van der Waals surface area contributed by atoms with Gasteiger partial charge in [0.2, 0.25) is 11.5 Å². The standard InChI is InChI=1S/C10H9NO5/c1-10(2)15-8-6(9(12)16-10)4-3-5-7(8)11(13)14/h3-5H,1-2H3. The van der Waals surface area contributed by atoms with E-state index < -0.39 is 16.7 Å². The zero-order chi connectivity index (χ0) is 11.9. The highest BCUT2D eigenvalue weighted by atomic mass is 16.7. The van der Waals surface area contributed by atoms with E-state index in [0.717, 1.165) is 0 Å². The molecule has 1 aliphatic rings. The molecule has 0 unspecified atom stereocenters. The van der Waals surface area contributed by atoms with Gasteiger partial charge in [-0.3, -0.25) is 10.1 Å². The summed E-state index contributed by atoms with van der Waals surface area (Å²) in [6.45, 7) is 3.04. The predicted molar refractivity (Wildman–Crippen MR) is 53.2 cm³/mol. The maximum atomic E-state index is 11.6. The molecule has 6 heteroatoms. The third-order valence-electron chi connectivity index (χ3n) is 2.10. The van der Waals surface area contributed by atoms with E-state index in [1.165, 1.54) is 32.0 Å². The Bertz CT molecular complexity index is 466. The maximum absolute atomic E-state index is 11.6. The summed E-state index contributed by atoms with van der Waals surface area (Å²) < 4.78 is 10.2. The lowest BCUT2D eigenvalue weighted by Gasteiger charge is -2.30. The minimum atomic E-state index is -1.18. The van der Waals surface area contributed by atoms with Crippen LogP contribution in [0.3, 0.4) is 0 Å². The van der Waals surface area contributed by atoms with Crippen LogP contribution in [0, 0.1) is 10.1 Å². The smallest absolute Gasteiger partial charge is 0.345 e. The number of para-hydroxylation sites is 1. The van der Waals surface area contributed by atoms with Gasteiger partial charge in [-0.1, -0.05) is 6.07 Å². The van der Waals surface area contributed by atoms with Gasteiger partial charge in [0.15, 0.2) is 0 Å². The molecule has 84 valence electrons. The number of fused-ring (bicyclic) bond motifs is 1. The first-order valence-electron chi connectivity index (χ1n) is 4.60. The third-order valence-corrected chi connectivity index (χ3v) is 2.10. The van der Waals surface area contributed by atoms with Crippen LogP contribution in [0.5, 0.6) is 5.75 Å². The minimum Gasteiger partial charge on any atom is -0.445 e. The van der Waals surface area contributed by atoms with Gasteiger partial charge in [0.25, 0.3) is 0 Å². The molecule has 2 rings (SSSR count). The molecule has 1 heterocycles. The normalized spacial score (nSPS) is 17.0. The molecule has 1 aromatic rings. The lowest BCUT2D eigenvalue weighted by atomic mass is 10.1. The number of carbonyl (C=O) groups is 1. The second-order valence-electron chi connectivity index (χ2n) is 3.80. The molecule has 0 atom stereocenters. The van der Waals surface area contributed by atoms with E-state index in [4.69, 9.17) is 9.47 Å². The highest BCUT2D eigenvalue weighted by Gasteiger charge is 2.38. The average molecular weight is 223 g/mol. The van der Waals surface area contributed by atoms with Crippen LogP contribution in [0.25, 0.3) is 0 Å². The van der Waals surface area contributed by atoms with Crippen LogP contribution in [-0.2, 0) is 4.74 Å². The Labute approximate surface area is 90.9 Å². The second-order valence-corrected chi connectivity index (χ2v) is 3.80. The second kappa shape index (κ2) is 3.19. The third kappa shape index (κ3) is 1.58. The fourth-order valence-electron chi connectivity index (χ4n) is 1.48. The van der Waals surface area contributed by atoms with Gasteiger partial charge in [-0.2, -0.15) is 0 Å². The number of carbonyl (C=O) groups excluding carboxylic acids is 1. The van der Waals surface area contributed by atoms with Crippen molar-refractivity contribution in [3.63, 3.8) is 0 Å². The van der Waals surface area contributed by atoms with Crippen molar-refractivity contribution in [2.24, 2.45) is 0 Å². The highest BCUT2D eigenvalue weighted by Crippen LogP contribution is 2.38. The molecule has 0 N–H and O–H groups in total. The van der Waals surface area contributed by atoms with Crippen LogP contribution in [-0.4, -0.2) is 16.7 Å². The van der Waals surface area contributed by atoms with Gasteiger partial charge in [-0.15, -0.1) is 0 Å². The average Bonchev–Trinajstić information content (AvgIpc) is 2.14. The summed E-state index contributed by atoms with van der Waals surface area (Å²) in [5, 5.41) is 10.8. The number of esters is 1. The molecule has 0 fully saturated rings. The van der Waals surface area contributed by atoms with Crippen molar-refractivity contribution in [1.82, 2.24) is 0 Å². The zero-order valence-electron chi connectivity index (χ0n) is 8.72. The number of hydrogen-bond acceptors (Lipinski definition) is 5. The number of nitrogens with zero attached hydrogens (tertiary/aromatic N) is 1. The SMILES string of the molecule is CC1(C)OC(=O)c2cccc([N+](=O)[O-])c2O1. The molecular weight excluding hydrogens is 214 g/mol. The van der Waals surface area contributed by atoms with E-state index in [9.17, 15) is 14.9 Å². The first-order valence-corrected chi connectivity index (χ1v) is 4.60. The largest absolute Gasteiger partial charge is 0.445 e. The number of hydrogen-bond donors (Lipinski definition) is 0. The van der Waals surface area contributed by atoms with Crippen LogP contribution in [0.4, 0.5) is 5.69 Å². The first kappa shape index (κ1) is 10.4. The quantitative estimate of drug-likeness (QED) is 0.412. The summed E-state index contributed by atoms with van der Waals surface area (Å²) >= 11 is 0. The first-order chi connectivity index (χ1) is 7.41. The molecule has 0 aliphatic carbocycles. The Morgan fingerprint density at radius 3 is 2.62 bits per heavy atom. The van der Waals surface area contributed by atoms with Gasteiger partial charge in [-0.05, 0) is 6.07 Å². The van der Waals surface area contributed by atoms with E-state index in [2.05, 4.69) is 0 Å². The monoisotopic (exact) mass is 223 g/mol. The molecule has 0 saturated heterocycles. The number of benzene rings is 1. The van der Waals surface area contributed by atoms with Gasteiger partial charge in [0.05, 0.1) is 4.92 Å². The summed E-state index contributed by atoms with van der Waals surface area (Å²) in [6.07, 6.45) is 0. The maximum Gasteiger partial charge on any atom is 0.345 e. The Kier molecular flexibility index (Phi) is 2.08. The van der Waals surface area contributed by atoms with Gasteiger partial charge in [-0.25, -0.2) is 4.79 Å². The van der Waals surface area contributed by atoms with Crippen molar-refractivity contribution in [2.45, 2.75) is 19.6 Å². The number of rotatable bonds is 1. The van der Waals surface area contributed by atoms with E-state index in [1.807, 2.05) is 0 Å². The molecule has 0 radical (unpaired) electrons. The molecule has 1 aromatic carbocycles. The van der Waals surface area contributed by atoms with Crippen LogP contribution >= 0.6 is 0 Å². The van der Waals surface area contributed by atoms with E-state index in [1.54, 1.807) is 0 Å². The van der Waals surface area contributed by atoms with E-state index in [0.29, 0.717) is 0 Å². The van der Waals surface area contributed by atoms with Gasteiger partial charge < -0.3 is 9.47 Å². The topological polar surface area (TPSA) is 78.7 Å². The van der Waals surface area contributed by atoms with Crippen molar-refractivity contribution in [1.29, 1.82) is 0 Å². The van der Waals surface area contributed by atoms with Crippen LogP contribution in [0.1, 0.15) is 24.2 Å². The molecule has 0 saturated carbocycles. The summed E-state index contributed by atoms with van der Waals surface area (Å²) in [4.78, 5) is 21.7. The Morgan fingerprint density at radius 2 is 2.00 bits per heavy atom. The van der Waals surface area contributed by atoms with E-state index in [-0.39, 0.29) is 17.0 Å². The van der Waals surface area contributed by atoms with Crippen LogP contribution < -0.4 is 4.74 Å². The lowest BCUT2D eigenvalue weighted by Crippen LogP contribution is -2.39. The number of cyclic esters (lactones) is 1. The Morgan fingerprint density at radius 1 is 1.31 bits per heavy atom. The molecule has 1 aliphatic heterocycles. The number of nitro groups is 1. The minimum absolute atomic E-state index is 0.0336. The summed E-state index contributed by atoms with van der Waals surface area (Å²) in [7, 11) is 0. The number of nitro benzene ring substituents is 1. The fourth-order valence-corrected chi connectivity index (χ4v) is 1.48. The fraction of sp³-hybridized carbons (Fsp3) is 0.300. The molecule has 0 spiro atoms. The lowest BCUT2D eigenvalue weighted by molar-refractivity contribution is -0.387. The predicted octanol–water partition coefficient (Wildman–Crippen LogP) is 1.88. The van der Waals surface area contributed by atoms with Crippen molar-refractivity contribution < 1.29 is 19.2 Å². The highest BCUT2D eigenvalue weighted by molar-refractivity contribution is 5.95. The van der Waals surface area contributed by atoms with Crippen molar-refractivity contribution >= 4 is 11.7 Å². The van der Waals surface area contributed by atoms with E-state index >= 15 is 0 Å². The van der Waals surface area contributed by atoms with Gasteiger partial charge >= 0.3 is 11.7 Å². The van der Waals surface area contributed by atoms with Gasteiger partial charge in [0, 0.05) is 19.9 Å². The summed E-state index contributed by atoms with van der Waals surface area (Å²) in [5.41, 5.74) is -0.157. The molecule has 0 bridgehead atoms. The molecule has 0 amide bonds. The number of ether oxygens (including phenoxy) is 2.